The van der Waals surface area contributed by atoms with E-state index in [1.165, 1.54) is 6.20 Å². The van der Waals surface area contributed by atoms with E-state index in [1.807, 2.05) is 49.9 Å². The summed E-state index contributed by atoms with van der Waals surface area (Å²) in [6.07, 6.45) is 6.50. The number of aryl methyl sites for hydroxylation is 1. The Morgan fingerprint density at radius 2 is 1.89 bits per heavy atom. The third kappa shape index (κ3) is 4.54. The summed E-state index contributed by atoms with van der Waals surface area (Å²) in [6, 6.07) is 12.7. The van der Waals surface area contributed by atoms with Gasteiger partial charge in [-0.05, 0) is 44.4 Å². The number of sulfonamides is 1. The molecular weight excluding hydrogens is 478 g/mol. The highest BCUT2D eigenvalue weighted by Crippen LogP contribution is 2.56. The largest absolute Gasteiger partial charge is 0.376 e. The van der Waals surface area contributed by atoms with Crippen LogP contribution >= 0.6 is 0 Å². The number of nitrogens with one attached hydrogen (secondary N) is 2. The molecule has 0 amide bonds. The van der Waals surface area contributed by atoms with Crippen molar-refractivity contribution in [1.82, 2.24) is 19.3 Å². The van der Waals surface area contributed by atoms with E-state index in [-0.39, 0.29) is 22.5 Å². The molecule has 3 aromatic rings. The van der Waals surface area contributed by atoms with Gasteiger partial charge < -0.3 is 19.4 Å². The summed E-state index contributed by atoms with van der Waals surface area (Å²) in [5.74, 6) is 1.24. The molecule has 1 saturated heterocycles. The first-order valence-electron chi connectivity index (χ1n) is 12.1. The summed E-state index contributed by atoms with van der Waals surface area (Å²) in [4.78, 5) is 9.00. The summed E-state index contributed by atoms with van der Waals surface area (Å²) in [5, 5.41) is 3.31. The van der Waals surface area contributed by atoms with Crippen molar-refractivity contribution in [3.63, 3.8) is 0 Å². The fourth-order valence-electron chi connectivity index (χ4n) is 5.28. The molecule has 3 atom stereocenters. The van der Waals surface area contributed by atoms with Crippen LogP contribution in [0.4, 0.5) is 5.82 Å². The Balaban J connectivity index is 1.38. The average molecular weight is 512 g/mol. The number of imidazole rings is 1. The van der Waals surface area contributed by atoms with Crippen molar-refractivity contribution in [3.8, 4) is 0 Å². The number of pyridine rings is 1. The van der Waals surface area contributed by atoms with Crippen LogP contribution in [-0.2, 0) is 32.0 Å². The van der Waals surface area contributed by atoms with Gasteiger partial charge in [-0.1, -0.05) is 30.3 Å². The molecule has 1 saturated carbocycles. The summed E-state index contributed by atoms with van der Waals surface area (Å²) < 4.78 is 43.4. The highest BCUT2D eigenvalue weighted by Gasteiger charge is 2.54. The molecule has 2 aliphatic rings. The predicted octanol–water partition coefficient (Wildman–Crippen LogP) is 3.17. The Morgan fingerprint density at radius 3 is 2.47 bits per heavy atom. The van der Waals surface area contributed by atoms with Crippen LogP contribution in [0.3, 0.4) is 0 Å². The minimum absolute atomic E-state index is 0.0912. The SMILES string of the molecule is CO[C@@H]1[C@@H](Nc2ccc(S(=O)(=O)NC(c3nccn3C)C3(c4ccccc4)CC3)cn2)COC1(C)C. The van der Waals surface area contributed by atoms with E-state index in [0.29, 0.717) is 18.2 Å². The smallest absolute Gasteiger partial charge is 0.242 e. The van der Waals surface area contributed by atoms with E-state index in [9.17, 15) is 8.42 Å². The van der Waals surface area contributed by atoms with E-state index < -0.39 is 21.7 Å². The van der Waals surface area contributed by atoms with Crippen LogP contribution < -0.4 is 10.0 Å². The van der Waals surface area contributed by atoms with Crippen molar-refractivity contribution in [2.75, 3.05) is 19.0 Å². The number of aromatic nitrogens is 3. The predicted molar refractivity (Wildman–Crippen MR) is 136 cm³/mol. The van der Waals surface area contributed by atoms with Gasteiger partial charge in [0.05, 0.1) is 24.3 Å². The van der Waals surface area contributed by atoms with Gasteiger partial charge in [-0.15, -0.1) is 0 Å². The number of benzene rings is 1. The maximum atomic E-state index is 13.5. The fraction of sp³-hybridized carbons (Fsp3) is 0.462. The summed E-state index contributed by atoms with van der Waals surface area (Å²) in [5.41, 5.74) is 0.344. The van der Waals surface area contributed by atoms with Crippen LogP contribution in [0.2, 0.25) is 0 Å². The molecule has 2 fully saturated rings. The molecule has 1 aliphatic heterocycles. The van der Waals surface area contributed by atoms with Crippen LogP contribution in [0.25, 0.3) is 0 Å². The Morgan fingerprint density at radius 1 is 1.14 bits per heavy atom. The van der Waals surface area contributed by atoms with Gasteiger partial charge >= 0.3 is 0 Å². The number of hydrogen-bond acceptors (Lipinski definition) is 7. The van der Waals surface area contributed by atoms with Crippen molar-refractivity contribution < 1.29 is 17.9 Å². The van der Waals surface area contributed by atoms with Crippen molar-refractivity contribution in [1.29, 1.82) is 0 Å². The summed E-state index contributed by atoms with van der Waals surface area (Å²) in [6.45, 7) is 4.44. The van der Waals surface area contributed by atoms with E-state index in [2.05, 4.69) is 32.1 Å². The van der Waals surface area contributed by atoms with Gasteiger partial charge in [0, 0.05) is 38.2 Å². The molecule has 0 radical (unpaired) electrons. The third-order valence-corrected chi connectivity index (χ3v) is 8.81. The Labute approximate surface area is 212 Å². The van der Waals surface area contributed by atoms with E-state index in [4.69, 9.17) is 9.47 Å². The third-order valence-electron chi connectivity index (χ3n) is 7.40. The normalized spacial score (nSPS) is 23.3. The second-order valence-electron chi connectivity index (χ2n) is 10.2. The molecule has 3 heterocycles. The molecule has 2 N–H and O–H groups in total. The number of nitrogens with zero attached hydrogens (tertiary/aromatic N) is 3. The topological polar surface area (TPSA) is 107 Å². The Hall–Kier alpha value is -2.79. The number of anilines is 1. The van der Waals surface area contributed by atoms with Crippen LogP contribution in [0.1, 0.15) is 44.1 Å². The van der Waals surface area contributed by atoms with Gasteiger partial charge in [0.15, 0.2) is 0 Å². The van der Waals surface area contributed by atoms with Crippen molar-refractivity contribution in [2.45, 2.75) is 60.8 Å². The van der Waals surface area contributed by atoms with Crippen LogP contribution in [-0.4, -0.2) is 54.4 Å². The van der Waals surface area contributed by atoms with Crippen LogP contribution in [0.15, 0.2) is 66.0 Å². The zero-order valence-corrected chi connectivity index (χ0v) is 21.8. The lowest BCUT2D eigenvalue weighted by Gasteiger charge is -2.28. The lowest BCUT2D eigenvalue weighted by atomic mass is 9.88. The Kier molecular flexibility index (Phi) is 6.40. The van der Waals surface area contributed by atoms with Gasteiger partial charge in [-0.3, -0.25) is 0 Å². The molecule has 5 rings (SSSR count). The number of hydrogen-bond donors (Lipinski definition) is 2. The molecule has 1 unspecified atom stereocenters. The average Bonchev–Trinajstić information content (AvgIpc) is 3.48. The maximum absolute atomic E-state index is 13.5. The minimum Gasteiger partial charge on any atom is -0.376 e. The van der Waals surface area contributed by atoms with Crippen LogP contribution in [0.5, 0.6) is 0 Å². The van der Waals surface area contributed by atoms with Gasteiger partial charge in [0.2, 0.25) is 10.0 Å². The Bertz CT molecular complexity index is 1300. The first-order valence-corrected chi connectivity index (χ1v) is 13.6. The summed E-state index contributed by atoms with van der Waals surface area (Å²) in [7, 11) is -0.334. The molecule has 1 aliphatic carbocycles. The zero-order chi connectivity index (χ0) is 25.6. The number of rotatable bonds is 9. The minimum atomic E-state index is -3.87. The first kappa shape index (κ1) is 24.9. The van der Waals surface area contributed by atoms with Crippen molar-refractivity contribution >= 4 is 15.8 Å². The van der Waals surface area contributed by atoms with Crippen LogP contribution in [0, 0.1) is 0 Å². The van der Waals surface area contributed by atoms with Crippen molar-refractivity contribution in [2.24, 2.45) is 7.05 Å². The highest BCUT2D eigenvalue weighted by molar-refractivity contribution is 7.89. The molecule has 0 spiro atoms. The standard InChI is InChI=1S/C26H33N5O4S/c1-25(2)23(34-4)20(17-35-25)29-21-11-10-19(16-28-21)36(32,33)30-22(24-27-14-15-31(24)3)26(12-13-26)18-8-6-5-7-9-18/h5-11,14-16,20,22-23,30H,12-13,17H2,1-4H3,(H,28,29)/t20-,22?,23+/m0/s1. The molecular formula is C26H33N5O4S. The molecule has 1 aromatic carbocycles. The molecule has 36 heavy (non-hydrogen) atoms. The van der Waals surface area contributed by atoms with Crippen molar-refractivity contribution in [3.05, 3.63) is 72.4 Å². The monoisotopic (exact) mass is 511 g/mol. The van der Waals surface area contributed by atoms with Gasteiger partial charge in [-0.2, -0.15) is 4.72 Å². The molecule has 0 bridgehead atoms. The molecule has 2 aromatic heterocycles. The maximum Gasteiger partial charge on any atom is 0.242 e. The number of ether oxygens (including phenoxy) is 2. The number of methoxy groups -OCH3 is 1. The van der Waals surface area contributed by atoms with E-state index >= 15 is 0 Å². The molecule has 10 heteroatoms. The van der Waals surface area contributed by atoms with E-state index in [0.717, 1.165) is 18.4 Å². The van der Waals surface area contributed by atoms with Gasteiger partial charge in [0.1, 0.15) is 22.6 Å². The van der Waals surface area contributed by atoms with E-state index in [1.54, 1.807) is 25.4 Å². The zero-order valence-electron chi connectivity index (χ0n) is 21.0. The second kappa shape index (κ2) is 9.26. The lowest BCUT2D eigenvalue weighted by molar-refractivity contribution is -0.0472. The lowest BCUT2D eigenvalue weighted by Crippen LogP contribution is -2.42. The molecule has 9 nitrogen and oxygen atoms in total. The quantitative estimate of drug-likeness (QED) is 0.454. The highest BCUT2D eigenvalue weighted by atomic mass is 32.2. The van der Waals surface area contributed by atoms with Gasteiger partial charge in [-0.25, -0.2) is 18.4 Å². The fourth-order valence-corrected chi connectivity index (χ4v) is 6.49. The molecule has 192 valence electrons. The second-order valence-corrected chi connectivity index (χ2v) is 11.9. The summed E-state index contributed by atoms with van der Waals surface area (Å²) >= 11 is 0. The van der Waals surface area contributed by atoms with Gasteiger partial charge in [0.25, 0.3) is 0 Å². The first-order chi connectivity index (χ1) is 17.2.